The van der Waals surface area contributed by atoms with E-state index >= 15 is 0 Å². The first-order valence-electron chi connectivity index (χ1n) is 9.93. The summed E-state index contributed by atoms with van der Waals surface area (Å²) in [5.74, 6) is 0.533. The number of nitrogens with zero attached hydrogens (tertiary/aromatic N) is 1. The maximum atomic E-state index is 13.4. The van der Waals surface area contributed by atoms with Crippen molar-refractivity contribution in [2.75, 3.05) is 27.2 Å². The van der Waals surface area contributed by atoms with Crippen LogP contribution < -0.4 is 4.74 Å². The van der Waals surface area contributed by atoms with Gasteiger partial charge in [-0.05, 0) is 61.2 Å². The molecule has 0 fully saturated rings. The van der Waals surface area contributed by atoms with Crippen molar-refractivity contribution < 1.29 is 19.2 Å². The van der Waals surface area contributed by atoms with Crippen molar-refractivity contribution in [3.63, 3.8) is 0 Å². The van der Waals surface area contributed by atoms with E-state index in [4.69, 9.17) is 4.74 Å². The number of benzene rings is 3. The predicted molar refractivity (Wildman–Crippen MR) is 124 cm³/mol. The number of aromatic hydroxyl groups is 1. The number of phenols is 1. The van der Waals surface area contributed by atoms with E-state index in [9.17, 15) is 14.5 Å². The minimum absolute atomic E-state index is 0.0181. The Morgan fingerprint density at radius 1 is 1.03 bits per heavy atom. The minimum Gasteiger partial charge on any atom is -0.590 e. The lowest BCUT2D eigenvalue weighted by Crippen LogP contribution is -2.19. The lowest BCUT2D eigenvalue weighted by Gasteiger charge is -2.11. The number of carbonyl (C=O) groups excluding carboxylic acids is 1. The Bertz CT molecular complexity index is 1210. The van der Waals surface area contributed by atoms with Crippen molar-refractivity contribution in [2.24, 2.45) is 0 Å². The van der Waals surface area contributed by atoms with Gasteiger partial charge in [0.25, 0.3) is 0 Å². The average Bonchev–Trinajstić information content (AvgIpc) is 3.06. The van der Waals surface area contributed by atoms with Gasteiger partial charge in [0.2, 0.25) is 0 Å². The van der Waals surface area contributed by atoms with Gasteiger partial charge in [0.05, 0.1) is 10.9 Å². The maximum absolute atomic E-state index is 13.4. The molecule has 1 N–H and O–H groups in total. The third-order valence-electron chi connectivity index (χ3n) is 5.03. The standard InChI is InChI=1S/C25H23NO4S/c1-26(2)14-15-30-20-11-8-18(9-12-20)25-23(24(28)17-6-4-3-5-7-17)21-13-10-19(27)16-22(21)31(25)29/h3-13,16,27H,14-15H2,1-2H3. The fraction of sp³-hybridized carbons (Fsp3) is 0.160. The summed E-state index contributed by atoms with van der Waals surface area (Å²) < 4.78 is 19.6. The minimum atomic E-state index is -1.59. The van der Waals surface area contributed by atoms with Gasteiger partial charge in [-0.25, -0.2) is 0 Å². The molecule has 0 aliphatic carbocycles. The first kappa shape index (κ1) is 21.1. The Balaban J connectivity index is 1.80. The van der Waals surface area contributed by atoms with E-state index in [0.29, 0.717) is 44.0 Å². The summed E-state index contributed by atoms with van der Waals surface area (Å²) >= 11 is 0. The van der Waals surface area contributed by atoms with E-state index in [-0.39, 0.29) is 11.5 Å². The van der Waals surface area contributed by atoms with Crippen LogP contribution in [0, 0.1) is 0 Å². The highest BCUT2D eigenvalue weighted by molar-refractivity contribution is 7.35. The molecule has 6 heteroatoms. The second-order valence-corrected chi connectivity index (χ2v) is 8.91. The molecule has 4 rings (SSSR count). The number of carbonyl (C=O) groups is 1. The van der Waals surface area contributed by atoms with Crippen molar-refractivity contribution >= 4 is 26.6 Å². The molecule has 0 bridgehead atoms. The van der Waals surface area contributed by atoms with E-state index in [2.05, 4.69) is 0 Å². The van der Waals surface area contributed by atoms with Crippen LogP contribution in [0.3, 0.4) is 0 Å². The molecule has 5 nitrogen and oxygen atoms in total. The zero-order chi connectivity index (χ0) is 22.0. The second kappa shape index (κ2) is 8.89. The van der Waals surface area contributed by atoms with Gasteiger partial charge in [0.1, 0.15) is 18.1 Å². The highest BCUT2D eigenvalue weighted by Gasteiger charge is 2.29. The number of ether oxygens (including phenoxy) is 1. The molecule has 1 atom stereocenters. The van der Waals surface area contributed by atoms with Gasteiger partial charge in [-0.15, -0.1) is 0 Å². The summed E-state index contributed by atoms with van der Waals surface area (Å²) in [5, 5.41) is 10.5. The monoisotopic (exact) mass is 433 g/mol. The third-order valence-corrected chi connectivity index (χ3v) is 6.58. The summed E-state index contributed by atoms with van der Waals surface area (Å²) in [5.41, 5.74) is 1.62. The molecule has 0 spiro atoms. The molecule has 1 aromatic heterocycles. The lowest BCUT2D eigenvalue weighted by molar-refractivity contribution is 0.104. The lowest BCUT2D eigenvalue weighted by atomic mass is 9.97. The largest absolute Gasteiger partial charge is 0.590 e. The zero-order valence-corrected chi connectivity index (χ0v) is 18.2. The van der Waals surface area contributed by atoms with Crippen molar-refractivity contribution in [3.05, 3.63) is 83.9 Å². The molecule has 4 aromatic rings. The Kier molecular flexibility index (Phi) is 6.04. The highest BCUT2D eigenvalue weighted by Crippen LogP contribution is 2.46. The van der Waals surface area contributed by atoms with Gasteiger partial charge in [0.15, 0.2) is 15.4 Å². The second-order valence-electron chi connectivity index (χ2n) is 7.52. The van der Waals surface area contributed by atoms with Crippen LogP contribution in [-0.2, 0) is 0 Å². The normalized spacial score (nSPS) is 11.8. The number of hydrogen-bond acceptors (Lipinski definition) is 5. The number of phenolic OH excluding ortho intramolecular Hbond substituents is 1. The first-order valence-corrected chi connectivity index (χ1v) is 11.1. The number of ketones is 1. The molecule has 0 saturated carbocycles. The van der Waals surface area contributed by atoms with Gasteiger partial charge in [-0.2, -0.15) is 0 Å². The van der Waals surface area contributed by atoms with Crippen LogP contribution in [0.15, 0.2) is 72.8 Å². The average molecular weight is 434 g/mol. The van der Waals surface area contributed by atoms with E-state index < -0.39 is 10.8 Å². The third kappa shape index (κ3) is 4.32. The molecule has 31 heavy (non-hydrogen) atoms. The summed E-state index contributed by atoms with van der Waals surface area (Å²) in [6.07, 6.45) is 0. The molecule has 3 aromatic carbocycles. The molecule has 1 heterocycles. The van der Waals surface area contributed by atoms with Crippen LogP contribution >= 0.6 is 10.8 Å². The Morgan fingerprint density at radius 2 is 1.74 bits per heavy atom. The fourth-order valence-corrected chi connectivity index (χ4v) is 5.01. The highest BCUT2D eigenvalue weighted by atomic mass is 32.2. The van der Waals surface area contributed by atoms with Crippen LogP contribution in [0.4, 0.5) is 0 Å². The van der Waals surface area contributed by atoms with Gasteiger partial charge in [-0.3, -0.25) is 4.79 Å². The smallest absolute Gasteiger partial charge is 0.199 e. The van der Waals surface area contributed by atoms with Gasteiger partial charge in [-0.1, -0.05) is 30.3 Å². The van der Waals surface area contributed by atoms with E-state index in [0.717, 1.165) is 6.54 Å². The van der Waals surface area contributed by atoms with Crippen LogP contribution in [0.5, 0.6) is 11.5 Å². The SMILES string of the molecule is CN(C)CCOc1ccc(-c2c(C(=O)c3ccccc3)c3ccc(O)cc3[s+]2[O-])cc1. The summed E-state index contributed by atoms with van der Waals surface area (Å²) in [7, 11) is 2.37. The Hall–Kier alpha value is -3.19. The number of thiophene rings is 1. The van der Waals surface area contributed by atoms with E-state index in [1.54, 1.807) is 30.3 Å². The number of fused-ring (bicyclic) bond motifs is 1. The first-order chi connectivity index (χ1) is 15.0. The van der Waals surface area contributed by atoms with Gasteiger partial charge >= 0.3 is 0 Å². The molecule has 0 aliphatic rings. The van der Waals surface area contributed by atoms with E-state index in [1.807, 2.05) is 49.3 Å². The number of rotatable bonds is 7. The number of likely N-dealkylation sites (N-methyl/N-ethyl adjacent to an activating group) is 1. The van der Waals surface area contributed by atoms with Crippen LogP contribution in [0.25, 0.3) is 20.5 Å². The molecule has 0 amide bonds. The summed E-state index contributed by atoms with van der Waals surface area (Å²) in [6, 6.07) is 20.9. The van der Waals surface area contributed by atoms with Gasteiger partial charge < -0.3 is 19.3 Å². The molecule has 158 valence electrons. The molecular weight excluding hydrogens is 410 g/mol. The van der Waals surface area contributed by atoms with Crippen LogP contribution in [-0.4, -0.2) is 47.6 Å². The summed E-state index contributed by atoms with van der Waals surface area (Å²) in [6.45, 7) is 1.36. The molecule has 0 aliphatic heterocycles. The molecule has 0 radical (unpaired) electrons. The van der Waals surface area contributed by atoms with Crippen molar-refractivity contribution in [3.8, 4) is 21.9 Å². The quantitative estimate of drug-likeness (QED) is 0.324. The Labute approximate surface area is 183 Å². The van der Waals surface area contributed by atoms with Crippen LogP contribution in [0.1, 0.15) is 15.9 Å². The number of hydrogen-bond donors (Lipinski definition) is 1. The maximum Gasteiger partial charge on any atom is 0.199 e. The fourth-order valence-electron chi connectivity index (χ4n) is 3.46. The molecule has 0 saturated heterocycles. The summed E-state index contributed by atoms with van der Waals surface area (Å²) in [4.78, 5) is 15.9. The van der Waals surface area contributed by atoms with E-state index in [1.165, 1.54) is 12.1 Å². The van der Waals surface area contributed by atoms with Crippen molar-refractivity contribution in [2.45, 2.75) is 0 Å². The predicted octanol–water partition coefficient (Wildman–Crippen LogP) is 5.11. The van der Waals surface area contributed by atoms with Gasteiger partial charge in [0, 0.05) is 23.7 Å². The molecule has 1 unspecified atom stereocenters. The van der Waals surface area contributed by atoms with Crippen molar-refractivity contribution in [1.82, 2.24) is 4.90 Å². The molecular formula is C25H23NO4S. The van der Waals surface area contributed by atoms with Crippen molar-refractivity contribution in [1.29, 1.82) is 0 Å². The van der Waals surface area contributed by atoms with Crippen LogP contribution in [0.2, 0.25) is 0 Å². The zero-order valence-electron chi connectivity index (χ0n) is 17.4. The topological polar surface area (TPSA) is 72.8 Å². The Morgan fingerprint density at radius 3 is 2.42 bits per heavy atom.